The molecule has 1 aliphatic rings. The summed E-state index contributed by atoms with van der Waals surface area (Å²) >= 11 is 1.68. The first-order chi connectivity index (χ1) is 6.08. The number of thioether (sulfide) groups is 1. The third kappa shape index (κ3) is 5.47. The van der Waals surface area contributed by atoms with E-state index < -0.39 is 5.92 Å². The molecule has 1 heterocycles. The van der Waals surface area contributed by atoms with Crippen LogP contribution < -0.4 is 5.32 Å². The van der Waals surface area contributed by atoms with E-state index in [-0.39, 0.29) is 6.42 Å². The normalized spacial score (nSPS) is 24.7. The third-order valence-electron chi connectivity index (χ3n) is 2.15. The topological polar surface area (TPSA) is 12.0 Å². The quantitative estimate of drug-likeness (QED) is 0.763. The van der Waals surface area contributed by atoms with Gasteiger partial charge in [-0.1, -0.05) is 0 Å². The highest BCUT2D eigenvalue weighted by molar-refractivity contribution is 7.99. The molecule has 0 aliphatic carbocycles. The summed E-state index contributed by atoms with van der Waals surface area (Å²) in [5, 5.41) is 3.83. The van der Waals surface area contributed by atoms with Gasteiger partial charge < -0.3 is 5.32 Å². The average Bonchev–Trinajstić information content (AvgIpc) is 2.04. The molecule has 4 heteroatoms. The van der Waals surface area contributed by atoms with E-state index >= 15 is 0 Å². The first-order valence-electron chi connectivity index (χ1n) is 4.78. The van der Waals surface area contributed by atoms with Gasteiger partial charge in [-0.25, -0.2) is 8.78 Å². The minimum Gasteiger partial charge on any atom is -0.316 e. The van der Waals surface area contributed by atoms with Crippen LogP contribution in [0.2, 0.25) is 0 Å². The first kappa shape index (κ1) is 11.2. The molecule has 1 aliphatic heterocycles. The van der Waals surface area contributed by atoms with E-state index in [1.54, 1.807) is 11.8 Å². The van der Waals surface area contributed by atoms with Gasteiger partial charge >= 0.3 is 0 Å². The van der Waals surface area contributed by atoms with Crippen molar-refractivity contribution in [2.45, 2.75) is 37.4 Å². The van der Waals surface area contributed by atoms with Crippen LogP contribution in [-0.4, -0.2) is 30.0 Å². The second-order valence-corrected chi connectivity index (χ2v) is 5.07. The molecule has 0 aromatic rings. The molecule has 0 aromatic carbocycles. The second-order valence-electron chi connectivity index (χ2n) is 3.66. The standard InChI is InChI=1S/C9H17F2NS/c1-9(10,11)4-6-13-8-3-2-5-12-7-8/h8,12H,2-7H2,1H3. The molecule has 0 aromatic heterocycles. The van der Waals surface area contributed by atoms with Crippen LogP contribution in [0.25, 0.3) is 0 Å². The van der Waals surface area contributed by atoms with Crippen molar-refractivity contribution in [3.63, 3.8) is 0 Å². The van der Waals surface area contributed by atoms with Gasteiger partial charge in [-0.15, -0.1) is 0 Å². The van der Waals surface area contributed by atoms with E-state index in [2.05, 4.69) is 5.32 Å². The minimum atomic E-state index is -2.49. The summed E-state index contributed by atoms with van der Waals surface area (Å²) in [4.78, 5) is 0. The molecule has 13 heavy (non-hydrogen) atoms. The number of halogens is 2. The van der Waals surface area contributed by atoms with E-state index in [0.717, 1.165) is 20.0 Å². The molecule has 1 saturated heterocycles. The van der Waals surface area contributed by atoms with Gasteiger partial charge in [0, 0.05) is 18.2 Å². The molecular formula is C9H17F2NS. The highest BCUT2D eigenvalue weighted by Gasteiger charge is 2.21. The summed E-state index contributed by atoms with van der Waals surface area (Å²) in [6, 6.07) is 0. The molecule has 1 rings (SSSR count). The maximum absolute atomic E-state index is 12.4. The fraction of sp³-hybridized carbons (Fsp3) is 1.00. The van der Waals surface area contributed by atoms with Gasteiger partial charge in [0.2, 0.25) is 5.92 Å². The Bertz CT molecular complexity index is 141. The number of hydrogen-bond donors (Lipinski definition) is 1. The van der Waals surface area contributed by atoms with Gasteiger partial charge in [-0.2, -0.15) is 11.8 Å². The van der Waals surface area contributed by atoms with Crippen molar-refractivity contribution in [2.24, 2.45) is 0 Å². The van der Waals surface area contributed by atoms with Crippen LogP contribution in [-0.2, 0) is 0 Å². The van der Waals surface area contributed by atoms with Gasteiger partial charge in [-0.05, 0) is 32.1 Å². The molecule has 1 atom stereocenters. The molecule has 0 spiro atoms. The highest BCUT2D eigenvalue weighted by atomic mass is 32.2. The molecule has 0 bridgehead atoms. The zero-order chi connectivity index (χ0) is 9.73. The fourth-order valence-corrected chi connectivity index (χ4v) is 2.75. The number of rotatable bonds is 4. The van der Waals surface area contributed by atoms with Crippen LogP contribution in [0.5, 0.6) is 0 Å². The van der Waals surface area contributed by atoms with E-state index in [4.69, 9.17) is 0 Å². The number of alkyl halides is 2. The second kappa shape index (κ2) is 5.15. The Morgan fingerprint density at radius 2 is 2.31 bits per heavy atom. The van der Waals surface area contributed by atoms with Crippen LogP contribution in [0.15, 0.2) is 0 Å². The van der Waals surface area contributed by atoms with Gasteiger partial charge in [-0.3, -0.25) is 0 Å². The first-order valence-corrected chi connectivity index (χ1v) is 5.83. The van der Waals surface area contributed by atoms with E-state index in [1.165, 1.54) is 12.8 Å². The Hall–Kier alpha value is 0.170. The smallest absolute Gasteiger partial charge is 0.246 e. The van der Waals surface area contributed by atoms with E-state index in [1.807, 2.05) is 0 Å². The van der Waals surface area contributed by atoms with Crippen molar-refractivity contribution in [3.8, 4) is 0 Å². The molecule has 1 nitrogen and oxygen atoms in total. The monoisotopic (exact) mass is 209 g/mol. The Labute approximate surface area is 82.7 Å². The van der Waals surface area contributed by atoms with Crippen LogP contribution in [0.1, 0.15) is 26.2 Å². The molecular weight excluding hydrogens is 192 g/mol. The van der Waals surface area contributed by atoms with Crippen LogP contribution in [0, 0.1) is 0 Å². The SMILES string of the molecule is CC(F)(F)CCSC1CCCNC1. The Morgan fingerprint density at radius 3 is 2.85 bits per heavy atom. The number of nitrogens with one attached hydrogen (secondary N) is 1. The summed E-state index contributed by atoms with van der Waals surface area (Å²) in [5.74, 6) is -1.91. The lowest BCUT2D eigenvalue weighted by molar-refractivity contribution is 0.0194. The summed E-state index contributed by atoms with van der Waals surface area (Å²) < 4.78 is 24.9. The summed E-state index contributed by atoms with van der Waals surface area (Å²) in [6.07, 6.45) is 2.36. The maximum Gasteiger partial charge on any atom is 0.246 e. The summed E-state index contributed by atoms with van der Waals surface area (Å²) in [7, 11) is 0. The van der Waals surface area contributed by atoms with E-state index in [0.29, 0.717) is 11.0 Å². The predicted octanol–water partition coefficient (Wildman–Crippen LogP) is 2.52. The highest BCUT2D eigenvalue weighted by Crippen LogP contribution is 2.24. The molecule has 1 N–H and O–H groups in total. The average molecular weight is 209 g/mol. The summed E-state index contributed by atoms with van der Waals surface area (Å²) in [5.41, 5.74) is 0. The van der Waals surface area contributed by atoms with E-state index in [9.17, 15) is 8.78 Å². The number of piperidine rings is 1. The molecule has 0 radical (unpaired) electrons. The lowest BCUT2D eigenvalue weighted by Gasteiger charge is -2.22. The van der Waals surface area contributed by atoms with Gasteiger partial charge in [0.1, 0.15) is 0 Å². The number of hydrogen-bond acceptors (Lipinski definition) is 2. The predicted molar refractivity (Wildman–Crippen MR) is 53.6 cm³/mol. The zero-order valence-electron chi connectivity index (χ0n) is 7.98. The van der Waals surface area contributed by atoms with Gasteiger partial charge in [0.25, 0.3) is 0 Å². The lowest BCUT2D eigenvalue weighted by Crippen LogP contribution is -2.32. The van der Waals surface area contributed by atoms with Gasteiger partial charge in [0.05, 0.1) is 0 Å². The van der Waals surface area contributed by atoms with Crippen molar-refractivity contribution in [1.82, 2.24) is 5.32 Å². The molecule has 1 fully saturated rings. The Balaban J connectivity index is 2.04. The van der Waals surface area contributed by atoms with Gasteiger partial charge in [0.15, 0.2) is 0 Å². The van der Waals surface area contributed by atoms with Crippen molar-refractivity contribution in [3.05, 3.63) is 0 Å². The Kier molecular flexibility index (Phi) is 4.46. The third-order valence-corrected chi connectivity index (χ3v) is 3.46. The van der Waals surface area contributed by atoms with Crippen LogP contribution in [0.4, 0.5) is 8.78 Å². The molecule has 1 unspecified atom stereocenters. The molecule has 0 saturated carbocycles. The van der Waals surface area contributed by atoms with Crippen molar-refractivity contribution in [2.75, 3.05) is 18.8 Å². The minimum absolute atomic E-state index is 0.00810. The molecule has 78 valence electrons. The van der Waals surface area contributed by atoms with Crippen LogP contribution >= 0.6 is 11.8 Å². The van der Waals surface area contributed by atoms with Crippen molar-refractivity contribution >= 4 is 11.8 Å². The largest absolute Gasteiger partial charge is 0.316 e. The lowest BCUT2D eigenvalue weighted by atomic mass is 10.2. The van der Waals surface area contributed by atoms with Crippen molar-refractivity contribution < 1.29 is 8.78 Å². The van der Waals surface area contributed by atoms with Crippen LogP contribution in [0.3, 0.4) is 0 Å². The van der Waals surface area contributed by atoms with Crippen molar-refractivity contribution in [1.29, 1.82) is 0 Å². The Morgan fingerprint density at radius 1 is 1.54 bits per heavy atom. The fourth-order valence-electron chi connectivity index (χ4n) is 1.37. The maximum atomic E-state index is 12.4. The summed E-state index contributed by atoms with van der Waals surface area (Å²) in [6.45, 7) is 3.06. The molecule has 0 amide bonds. The zero-order valence-corrected chi connectivity index (χ0v) is 8.80.